The summed E-state index contributed by atoms with van der Waals surface area (Å²) in [6.45, 7) is 0. The van der Waals surface area contributed by atoms with Crippen LogP contribution in [-0.2, 0) is 6.42 Å². The van der Waals surface area contributed by atoms with Crippen LogP contribution in [0, 0.1) is 11.3 Å². The van der Waals surface area contributed by atoms with Crippen LogP contribution >= 0.6 is 0 Å². The second-order valence-corrected chi connectivity index (χ2v) is 4.48. The summed E-state index contributed by atoms with van der Waals surface area (Å²) in [4.78, 5) is 12.5. The second kappa shape index (κ2) is 6.53. The molecule has 0 amide bonds. The summed E-state index contributed by atoms with van der Waals surface area (Å²) in [5.41, 5.74) is 3.18. The summed E-state index contributed by atoms with van der Waals surface area (Å²) in [7, 11) is 1.80. The first-order valence-electron chi connectivity index (χ1n) is 6.53. The highest BCUT2D eigenvalue weighted by Gasteiger charge is 2.13. The average molecular weight is 264 g/mol. The van der Waals surface area contributed by atoms with Gasteiger partial charge in [0.15, 0.2) is 5.78 Å². The number of hydrogen-bond acceptors (Lipinski definition) is 3. The fourth-order valence-corrected chi connectivity index (χ4v) is 2.10. The molecule has 0 aliphatic carbocycles. The van der Waals surface area contributed by atoms with Crippen molar-refractivity contribution in [3.63, 3.8) is 0 Å². The maximum atomic E-state index is 12.5. The fraction of sp³-hybridized carbons (Fsp3) is 0.176. The molecule has 20 heavy (non-hydrogen) atoms. The Morgan fingerprint density at radius 1 is 1.20 bits per heavy atom. The third kappa shape index (κ3) is 3.04. The van der Waals surface area contributed by atoms with Gasteiger partial charge < -0.3 is 5.32 Å². The predicted molar refractivity (Wildman–Crippen MR) is 79.8 cm³/mol. The van der Waals surface area contributed by atoms with E-state index in [1.807, 2.05) is 48.5 Å². The number of benzene rings is 2. The van der Waals surface area contributed by atoms with Gasteiger partial charge in [0.1, 0.15) is 0 Å². The first kappa shape index (κ1) is 13.8. The number of carbonyl (C=O) groups is 1. The van der Waals surface area contributed by atoms with Crippen LogP contribution in [0.5, 0.6) is 0 Å². The van der Waals surface area contributed by atoms with E-state index in [4.69, 9.17) is 5.26 Å². The largest absolute Gasteiger partial charge is 0.388 e. The molecule has 100 valence electrons. The lowest BCUT2D eigenvalue weighted by molar-refractivity contribution is 0.103. The second-order valence-electron chi connectivity index (χ2n) is 4.48. The Morgan fingerprint density at radius 2 is 1.95 bits per heavy atom. The maximum absolute atomic E-state index is 12.5. The lowest BCUT2D eigenvalue weighted by atomic mass is 9.98. The van der Waals surface area contributed by atoms with Crippen LogP contribution in [0.3, 0.4) is 0 Å². The van der Waals surface area contributed by atoms with Gasteiger partial charge in [0.05, 0.1) is 6.07 Å². The molecule has 0 radical (unpaired) electrons. The molecule has 3 heteroatoms. The zero-order valence-corrected chi connectivity index (χ0v) is 11.4. The highest BCUT2D eigenvalue weighted by molar-refractivity contribution is 6.12. The SMILES string of the molecule is CNc1cc(CCC#N)ccc1C(=O)c1ccccc1. The Bertz CT molecular complexity index is 642. The van der Waals surface area contributed by atoms with E-state index >= 15 is 0 Å². The van der Waals surface area contributed by atoms with Crippen molar-refractivity contribution in [2.45, 2.75) is 12.8 Å². The smallest absolute Gasteiger partial charge is 0.195 e. The standard InChI is InChI=1S/C17H16N2O/c1-19-16-12-13(6-5-11-18)9-10-15(16)17(20)14-7-3-2-4-8-14/h2-4,7-10,12,19H,5-6H2,1H3. The number of anilines is 1. The number of nitrogens with one attached hydrogen (secondary N) is 1. The first-order chi connectivity index (χ1) is 9.76. The van der Waals surface area contributed by atoms with Gasteiger partial charge in [0.25, 0.3) is 0 Å². The quantitative estimate of drug-likeness (QED) is 0.842. The van der Waals surface area contributed by atoms with Gasteiger partial charge >= 0.3 is 0 Å². The van der Waals surface area contributed by atoms with Gasteiger partial charge in [-0.15, -0.1) is 0 Å². The van der Waals surface area contributed by atoms with Crippen molar-refractivity contribution in [2.75, 3.05) is 12.4 Å². The van der Waals surface area contributed by atoms with Gasteiger partial charge in [-0.05, 0) is 24.1 Å². The van der Waals surface area contributed by atoms with Gasteiger partial charge in [-0.25, -0.2) is 0 Å². The average Bonchev–Trinajstić information content (AvgIpc) is 2.52. The Labute approximate surface area is 118 Å². The third-order valence-corrected chi connectivity index (χ3v) is 3.16. The number of rotatable bonds is 5. The number of carbonyl (C=O) groups excluding carboxylic acids is 1. The summed E-state index contributed by atoms with van der Waals surface area (Å²) in [5, 5.41) is 11.7. The topological polar surface area (TPSA) is 52.9 Å². The van der Waals surface area contributed by atoms with E-state index in [2.05, 4.69) is 11.4 Å². The van der Waals surface area contributed by atoms with Crippen molar-refractivity contribution in [2.24, 2.45) is 0 Å². The van der Waals surface area contributed by atoms with E-state index in [1.54, 1.807) is 7.05 Å². The molecule has 1 N–H and O–H groups in total. The summed E-state index contributed by atoms with van der Waals surface area (Å²) >= 11 is 0. The molecule has 0 unspecified atom stereocenters. The minimum Gasteiger partial charge on any atom is -0.388 e. The van der Waals surface area contributed by atoms with Gasteiger partial charge in [0.2, 0.25) is 0 Å². The molecular weight excluding hydrogens is 248 g/mol. The molecule has 2 rings (SSSR count). The summed E-state index contributed by atoms with van der Waals surface area (Å²) < 4.78 is 0. The Balaban J connectivity index is 2.33. The maximum Gasteiger partial charge on any atom is 0.195 e. The van der Waals surface area contributed by atoms with Crippen LogP contribution in [0.15, 0.2) is 48.5 Å². The van der Waals surface area contributed by atoms with Crippen LogP contribution in [0.2, 0.25) is 0 Å². The lowest BCUT2D eigenvalue weighted by Gasteiger charge is -2.10. The molecule has 0 aliphatic rings. The van der Waals surface area contributed by atoms with Crippen molar-refractivity contribution in [1.29, 1.82) is 5.26 Å². The van der Waals surface area contributed by atoms with Crippen molar-refractivity contribution in [3.05, 3.63) is 65.2 Å². The molecule has 2 aromatic carbocycles. The normalized spacial score (nSPS) is 9.80. The van der Waals surface area contributed by atoms with E-state index < -0.39 is 0 Å². The molecular formula is C17H16N2O. The molecule has 0 saturated heterocycles. The molecule has 2 aromatic rings. The molecule has 0 saturated carbocycles. The van der Waals surface area contributed by atoms with Crippen LogP contribution < -0.4 is 5.32 Å². The fourth-order valence-electron chi connectivity index (χ4n) is 2.10. The Kier molecular flexibility index (Phi) is 4.52. The predicted octanol–water partition coefficient (Wildman–Crippen LogP) is 3.42. The Hall–Kier alpha value is -2.60. The molecule has 0 aromatic heterocycles. The molecule has 0 atom stereocenters. The van der Waals surface area contributed by atoms with E-state index in [1.165, 1.54) is 0 Å². The zero-order chi connectivity index (χ0) is 14.4. The van der Waals surface area contributed by atoms with Gasteiger partial charge in [-0.1, -0.05) is 36.4 Å². The Morgan fingerprint density at radius 3 is 2.60 bits per heavy atom. The monoisotopic (exact) mass is 264 g/mol. The lowest BCUT2D eigenvalue weighted by Crippen LogP contribution is -2.06. The molecule has 0 aliphatic heterocycles. The molecule has 0 fully saturated rings. The molecule has 0 heterocycles. The summed E-state index contributed by atoms with van der Waals surface area (Å²) in [6, 6.07) is 17.0. The minimum atomic E-state index is 0.00165. The summed E-state index contributed by atoms with van der Waals surface area (Å²) in [6.07, 6.45) is 1.18. The third-order valence-electron chi connectivity index (χ3n) is 3.16. The number of hydrogen-bond donors (Lipinski definition) is 1. The summed E-state index contributed by atoms with van der Waals surface area (Å²) in [5.74, 6) is 0.00165. The highest BCUT2D eigenvalue weighted by Crippen LogP contribution is 2.21. The number of nitrogens with zero attached hydrogens (tertiary/aromatic N) is 1. The molecule has 0 bridgehead atoms. The van der Waals surface area contributed by atoms with Gasteiger partial charge in [-0.2, -0.15) is 5.26 Å². The molecule has 0 spiro atoms. The molecule has 3 nitrogen and oxygen atoms in total. The van der Waals surface area contributed by atoms with Crippen LogP contribution in [0.1, 0.15) is 27.9 Å². The van der Waals surface area contributed by atoms with Crippen LogP contribution in [0.4, 0.5) is 5.69 Å². The van der Waals surface area contributed by atoms with Crippen LogP contribution in [-0.4, -0.2) is 12.8 Å². The van der Waals surface area contributed by atoms with E-state index in [-0.39, 0.29) is 5.78 Å². The van der Waals surface area contributed by atoms with Gasteiger partial charge in [-0.3, -0.25) is 4.79 Å². The minimum absolute atomic E-state index is 0.00165. The van der Waals surface area contributed by atoms with E-state index in [0.717, 1.165) is 11.3 Å². The number of nitriles is 1. The van der Waals surface area contributed by atoms with Crippen molar-refractivity contribution < 1.29 is 4.79 Å². The first-order valence-corrected chi connectivity index (χ1v) is 6.53. The van der Waals surface area contributed by atoms with Crippen LogP contribution in [0.25, 0.3) is 0 Å². The van der Waals surface area contributed by atoms with Crippen molar-refractivity contribution in [1.82, 2.24) is 0 Å². The van der Waals surface area contributed by atoms with E-state index in [0.29, 0.717) is 24.0 Å². The zero-order valence-electron chi connectivity index (χ0n) is 11.4. The van der Waals surface area contributed by atoms with Gasteiger partial charge in [0, 0.05) is 30.3 Å². The number of ketones is 1. The van der Waals surface area contributed by atoms with Crippen molar-refractivity contribution in [3.8, 4) is 6.07 Å². The number of aryl methyl sites for hydroxylation is 1. The van der Waals surface area contributed by atoms with E-state index in [9.17, 15) is 4.79 Å². The highest BCUT2D eigenvalue weighted by atomic mass is 16.1. The van der Waals surface area contributed by atoms with Crippen molar-refractivity contribution >= 4 is 11.5 Å².